The Hall–Kier alpha value is -4.26. The van der Waals surface area contributed by atoms with Gasteiger partial charge < -0.3 is 10.2 Å². The van der Waals surface area contributed by atoms with Crippen LogP contribution in [0.4, 0.5) is 0 Å². The number of para-hydroxylation sites is 1. The number of likely N-dealkylation sites (tertiary alicyclic amines) is 1. The number of ketones is 2. The molecule has 0 saturated carbocycles. The number of phenols is 2. The fraction of sp³-hybridized carbons (Fsp3) is 0.290. The lowest BCUT2D eigenvalue weighted by Gasteiger charge is -2.42. The van der Waals surface area contributed by atoms with E-state index in [9.17, 15) is 29.4 Å². The highest BCUT2D eigenvalue weighted by molar-refractivity contribution is 6.24. The molecule has 6 rings (SSSR count). The van der Waals surface area contributed by atoms with Gasteiger partial charge in [-0.3, -0.25) is 24.1 Å². The van der Waals surface area contributed by atoms with E-state index < -0.39 is 23.7 Å². The number of nitrogens with zero attached hydrogens (tertiary/aromatic N) is 1. The summed E-state index contributed by atoms with van der Waals surface area (Å²) in [6.45, 7) is 1.85. The number of carbonyl (C=O) groups is 4. The summed E-state index contributed by atoms with van der Waals surface area (Å²) in [5, 5.41) is 20.3. The molecule has 2 amide bonds. The lowest BCUT2D eigenvalue weighted by Crippen LogP contribution is -2.40. The van der Waals surface area contributed by atoms with E-state index in [1.54, 1.807) is 55.5 Å². The maximum absolute atomic E-state index is 13.8. The zero-order valence-electron chi connectivity index (χ0n) is 20.9. The van der Waals surface area contributed by atoms with Crippen LogP contribution in [0.5, 0.6) is 11.5 Å². The Morgan fingerprint density at radius 3 is 2.39 bits per heavy atom. The number of carbonyl (C=O) groups excluding carboxylic acids is 4. The van der Waals surface area contributed by atoms with Crippen LogP contribution >= 0.6 is 0 Å². The number of amides is 2. The first-order chi connectivity index (χ1) is 18.3. The van der Waals surface area contributed by atoms with Gasteiger partial charge in [-0.25, -0.2) is 0 Å². The SMILES string of the molecule is CC1=CC(=O)C2=C(C1=O)[C@@H](c1ccccc1O)C1=CC[C@@H]3C(=O)N(CCc4ccc(O)cc4)C(=O)[C@@H]3[C@@H]1C2. The molecule has 7 heteroatoms. The molecule has 2 N–H and O–H groups in total. The average molecular weight is 510 g/mol. The van der Waals surface area contributed by atoms with Gasteiger partial charge in [0.2, 0.25) is 11.8 Å². The molecule has 0 radical (unpaired) electrons. The number of hydrogen-bond donors (Lipinski definition) is 2. The molecule has 192 valence electrons. The Morgan fingerprint density at radius 1 is 0.921 bits per heavy atom. The Labute approximate surface area is 219 Å². The molecule has 4 aliphatic rings. The van der Waals surface area contributed by atoms with Crippen LogP contribution in [0.2, 0.25) is 0 Å². The Balaban J connectivity index is 1.38. The molecule has 0 spiro atoms. The van der Waals surface area contributed by atoms with E-state index >= 15 is 0 Å². The fourth-order valence-corrected chi connectivity index (χ4v) is 6.64. The number of imide groups is 1. The van der Waals surface area contributed by atoms with E-state index in [-0.39, 0.29) is 47.8 Å². The van der Waals surface area contributed by atoms with Gasteiger partial charge in [-0.1, -0.05) is 42.0 Å². The summed E-state index contributed by atoms with van der Waals surface area (Å²) in [5.41, 5.74) is 3.35. The van der Waals surface area contributed by atoms with Gasteiger partial charge in [0.1, 0.15) is 11.5 Å². The second-order valence-corrected chi connectivity index (χ2v) is 10.5. The molecule has 7 nitrogen and oxygen atoms in total. The van der Waals surface area contributed by atoms with E-state index in [2.05, 4.69) is 0 Å². The topological polar surface area (TPSA) is 112 Å². The average Bonchev–Trinajstić information content (AvgIpc) is 3.15. The van der Waals surface area contributed by atoms with Crippen molar-refractivity contribution in [2.24, 2.45) is 17.8 Å². The van der Waals surface area contributed by atoms with Crippen molar-refractivity contribution in [3.05, 3.63) is 94.1 Å². The van der Waals surface area contributed by atoms with Gasteiger partial charge >= 0.3 is 0 Å². The molecule has 4 atom stereocenters. The number of rotatable bonds is 4. The van der Waals surface area contributed by atoms with E-state index in [0.717, 1.165) is 11.1 Å². The minimum absolute atomic E-state index is 0.0184. The standard InChI is InChI=1S/C31H27NO6/c1-16-14-25(35)23-15-22-19(26(28(23)29(16)36)20-4-2-3-5-24(20)34)10-11-21-27(22)31(38)32(30(21)37)13-12-17-6-8-18(33)9-7-17/h2-10,14,21-22,26-27,33-34H,11-13,15H2,1H3/t21-,22+,26+,27-/m0/s1. The predicted molar refractivity (Wildman–Crippen MR) is 138 cm³/mol. The molecule has 2 aromatic carbocycles. The Morgan fingerprint density at radius 2 is 1.66 bits per heavy atom. The molecule has 1 heterocycles. The second kappa shape index (κ2) is 8.94. The summed E-state index contributed by atoms with van der Waals surface area (Å²) >= 11 is 0. The van der Waals surface area contributed by atoms with Gasteiger partial charge in [0.15, 0.2) is 11.6 Å². The second-order valence-electron chi connectivity index (χ2n) is 10.5. The molecule has 1 aliphatic heterocycles. The molecule has 3 aliphatic carbocycles. The van der Waals surface area contributed by atoms with Crippen molar-refractivity contribution in [2.45, 2.75) is 32.1 Å². The van der Waals surface area contributed by atoms with Gasteiger partial charge in [-0.05, 0) is 61.9 Å². The first-order valence-corrected chi connectivity index (χ1v) is 12.9. The Kier molecular flexibility index (Phi) is 5.67. The van der Waals surface area contributed by atoms with Gasteiger partial charge in [-0.2, -0.15) is 0 Å². The maximum Gasteiger partial charge on any atom is 0.233 e. The summed E-state index contributed by atoms with van der Waals surface area (Å²) in [5.74, 6) is -2.99. The third kappa shape index (κ3) is 3.64. The lowest BCUT2D eigenvalue weighted by molar-refractivity contribution is -0.140. The van der Waals surface area contributed by atoms with Crippen LogP contribution in [-0.2, 0) is 25.6 Å². The van der Waals surface area contributed by atoms with Crippen molar-refractivity contribution in [3.63, 3.8) is 0 Å². The van der Waals surface area contributed by atoms with Crippen LogP contribution in [0, 0.1) is 17.8 Å². The van der Waals surface area contributed by atoms with Gasteiger partial charge in [-0.15, -0.1) is 0 Å². The molecular formula is C31H27NO6. The molecule has 1 fully saturated rings. The Bertz CT molecular complexity index is 1490. The van der Waals surface area contributed by atoms with E-state index in [0.29, 0.717) is 35.1 Å². The molecule has 1 saturated heterocycles. The van der Waals surface area contributed by atoms with Gasteiger partial charge in [0.05, 0.1) is 11.8 Å². The maximum atomic E-state index is 13.8. The molecule has 0 aromatic heterocycles. The highest BCUT2D eigenvalue weighted by Gasteiger charge is 2.56. The predicted octanol–water partition coefficient (Wildman–Crippen LogP) is 3.77. The fourth-order valence-electron chi connectivity index (χ4n) is 6.64. The number of aromatic hydroxyl groups is 2. The van der Waals surface area contributed by atoms with Crippen molar-refractivity contribution in [2.75, 3.05) is 6.54 Å². The van der Waals surface area contributed by atoms with E-state index in [1.807, 2.05) is 6.08 Å². The minimum atomic E-state index is -0.653. The van der Waals surface area contributed by atoms with Crippen molar-refractivity contribution in [1.29, 1.82) is 0 Å². The number of allylic oxidation sites excluding steroid dienone is 6. The normalized spacial score (nSPS) is 26.6. The van der Waals surface area contributed by atoms with Crippen molar-refractivity contribution in [3.8, 4) is 11.5 Å². The monoisotopic (exact) mass is 509 g/mol. The molecule has 0 bridgehead atoms. The first-order valence-electron chi connectivity index (χ1n) is 12.9. The van der Waals surface area contributed by atoms with Gasteiger partial charge in [0, 0.05) is 34.7 Å². The van der Waals surface area contributed by atoms with Crippen LogP contribution in [0.15, 0.2) is 83.0 Å². The summed E-state index contributed by atoms with van der Waals surface area (Å²) < 4.78 is 0. The highest BCUT2D eigenvalue weighted by Crippen LogP contribution is 2.56. The quantitative estimate of drug-likeness (QED) is 0.369. The van der Waals surface area contributed by atoms with Crippen LogP contribution in [0.1, 0.15) is 36.8 Å². The van der Waals surface area contributed by atoms with Crippen molar-refractivity contribution in [1.82, 2.24) is 4.90 Å². The van der Waals surface area contributed by atoms with Crippen LogP contribution in [0.3, 0.4) is 0 Å². The molecular weight excluding hydrogens is 482 g/mol. The number of fused-ring (bicyclic) bond motifs is 3. The molecule has 2 aromatic rings. The summed E-state index contributed by atoms with van der Waals surface area (Å²) in [7, 11) is 0. The zero-order chi connectivity index (χ0) is 26.7. The number of Topliss-reactive ketones (excluding diaryl/α,β-unsaturated/α-hetero) is 1. The molecule has 0 unspecified atom stereocenters. The summed E-state index contributed by atoms with van der Waals surface area (Å²) in [6.07, 6.45) is 4.34. The minimum Gasteiger partial charge on any atom is -0.508 e. The number of phenolic OH excluding ortho intramolecular Hbond substituents is 2. The number of hydrogen-bond acceptors (Lipinski definition) is 6. The van der Waals surface area contributed by atoms with E-state index in [1.165, 1.54) is 11.0 Å². The van der Waals surface area contributed by atoms with Crippen LogP contribution in [0.25, 0.3) is 0 Å². The summed E-state index contributed by atoms with van der Waals surface area (Å²) in [4.78, 5) is 55.0. The van der Waals surface area contributed by atoms with E-state index in [4.69, 9.17) is 0 Å². The number of benzene rings is 2. The van der Waals surface area contributed by atoms with Crippen molar-refractivity contribution >= 4 is 23.4 Å². The first kappa shape index (κ1) is 24.1. The van der Waals surface area contributed by atoms with Gasteiger partial charge in [0.25, 0.3) is 0 Å². The van der Waals surface area contributed by atoms with Crippen LogP contribution < -0.4 is 0 Å². The third-order valence-electron chi connectivity index (χ3n) is 8.46. The summed E-state index contributed by atoms with van der Waals surface area (Å²) in [6, 6.07) is 13.5. The van der Waals surface area contributed by atoms with Crippen molar-refractivity contribution < 1.29 is 29.4 Å². The van der Waals surface area contributed by atoms with Crippen LogP contribution in [-0.4, -0.2) is 45.0 Å². The lowest BCUT2D eigenvalue weighted by atomic mass is 9.59. The third-order valence-corrected chi connectivity index (χ3v) is 8.46. The smallest absolute Gasteiger partial charge is 0.233 e. The zero-order valence-corrected chi connectivity index (χ0v) is 20.9. The molecule has 38 heavy (non-hydrogen) atoms. The largest absolute Gasteiger partial charge is 0.508 e. The highest BCUT2D eigenvalue weighted by atomic mass is 16.3.